The standard InChI is InChI=1S/C26H26ClN5O4/c1-15(20-4-3-10-29-20)34-24-12-16(5-7-19(24)27)31-26-32-21-13-17(6-8-23(21)36-26)35-18-9-11-30-22(14-18)25(33)28-2/h5-9,11-15,20,29H,3-4,10H2,1-2H3,(H,28,33)(H,31,32). The van der Waals surface area contributed by atoms with Crippen LogP contribution in [-0.4, -0.2) is 41.6 Å². The van der Waals surface area contributed by atoms with Crippen LogP contribution in [0, 0.1) is 0 Å². The van der Waals surface area contributed by atoms with E-state index in [2.05, 4.69) is 25.9 Å². The van der Waals surface area contributed by atoms with Gasteiger partial charge in [0.1, 0.15) is 34.6 Å². The summed E-state index contributed by atoms with van der Waals surface area (Å²) in [5, 5.41) is 9.71. The van der Waals surface area contributed by atoms with E-state index in [1.807, 2.05) is 19.1 Å². The molecule has 1 amide bonds. The van der Waals surface area contributed by atoms with Crippen molar-refractivity contribution in [3.8, 4) is 17.2 Å². The lowest BCUT2D eigenvalue weighted by Crippen LogP contribution is -2.36. The smallest absolute Gasteiger partial charge is 0.300 e. The molecule has 10 heteroatoms. The molecule has 1 aliphatic rings. The van der Waals surface area contributed by atoms with Gasteiger partial charge < -0.3 is 29.8 Å². The highest BCUT2D eigenvalue weighted by molar-refractivity contribution is 6.32. The van der Waals surface area contributed by atoms with E-state index in [9.17, 15) is 4.79 Å². The van der Waals surface area contributed by atoms with Crippen molar-refractivity contribution in [1.82, 2.24) is 20.6 Å². The minimum absolute atomic E-state index is 0.00386. The maximum atomic E-state index is 11.8. The number of carbonyl (C=O) groups excluding carboxylic acids is 1. The summed E-state index contributed by atoms with van der Waals surface area (Å²) in [5.41, 5.74) is 2.21. The molecule has 3 heterocycles. The number of ether oxygens (including phenoxy) is 2. The molecule has 2 aromatic heterocycles. The van der Waals surface area contributed by atoms with E-state index < -0.39 is 0 Å². The molecule has 186 valence electrons. The van der Waals surface area contributed by atoms with Crippen LogP contribution in [0.25, 0.3) is 11.1 Å². The zero-order valence-electron chi connectivity index (χ0n) is 19.9. The van der Waals surface area contributed by atoms with Gasteiger partial charge in [-0.05, 0) is 56.6 Å². The molecule has 4 aromatic rings. The molecule has 9 nitrogen and oxygen atoms in total. The minimum atomic E-state index is -0.288. The van der Waals surface area contributed by atoms with Crippen molar-refractivity contribution >= 4 is 40.3 Å². The number of fused-ring (bicyclic) bond motifs is 1. The van der Waals surface area contributed by atoms with Gasteiger partial charge in [-0.3, -0.25) is 9.78 Å². The average Bonchev–Trinajstić information content (AvgIpc) is 3.55. The molecule has 1 aliphatic heterocycles. The highest BCUT2D eigenvalue weighted by atomic mass is 35.5. The van der Waals surface area contributed by atoms with E-state index in [1.165, 1.54) is 6.20 Å². The maximum absolute atomic E-state index is 11.8. The van der Waals surface area contributed by atoms with E-state index in [-0.39, 0.29) is 17.7 Å². The molecule has 0 spiro atoms. The number of benzene rings is 2. The average molecular weight is 508 g/mol. The van der Waals surface area contributed by atoms with Gasteiger partial charge in [0.05, 0.1) is 5.02 Å². The van der Waals surface area contributed by atoms with Crippen molar-refractivity contribution < 1.29 is 18.7 Å². The Hall–Kier alpha value is -3.82. The summed E-state index contributed by atoms with van der Waals surface area (Å²) in [7, 11) is 1.55. The molecule has 2 aromatic carbocycles. The van der Waals surface area contributed by atoms with Gasteiger partial charge in [-0.2, -0.15) is 4.98 Å². The van der Waals surface area contributed by atoms with E-state index >= 15 is 0 Å². The third-order valence-corrected chi connectivity index (χ3v) is 6.26. The summed E-state index contributed by atoms with van der Waals surface area (Å²) in [5.74, 6) is 1.35. The van der Waals surface area contributed by atoms with Gasteiger partial charge in [0.25, 0.3) is 11.9 Å². The lowest BCUT2D eigenvalue weighted by atomic mass is 10.1. The van der Waals surface area contributed by atoms with Crippen LogP contribution in [0.4, 0.5) is 11.7 Å². The number of hydrogen-bond acceptors (Lipinski definition) is 8. The predicted molar refractivity (Wildman–Crippen MR) is 138 cm³/mol. The van der Waals surface area contributed by atoms with Gasteiger partial charge in [0, 0.05) is 43.2 Å². The summed E-state index contributed by atoms with van der Waals surface area (Å²) < 4.78 is 17.9. The second kappa shape index (κ2) is 10.4. The van der Waals surface area contributed by atoms with Crippen molar-refractivity contribution in [2.75, 3.05) is 18.9 Å². The number of nitrogens with zero attached hydrogens (tertiary/aromatic N) is 2. The molecule has 5 rings (SSSR count). The van der Waals surface area contributed by atoms with E-state index in [1.54, 1.807) is 43.4 Å². The summed E-state index contributed by atoms with van der Waals surface area (Å²) in [6.07, 6.45) is 3.75. The van der Waals surface area contributed by atoms with Crippen LogP contribution in [0.3, 0.4) is 0 Å². The number of carbonyl (C=O) groups is 1. The monoisotopic (exact) mass is 507 g/mol. The topological polar surface area (TPSA) is 111 Å². The summed E-state index contributed by atoms with van der Waals surface area (Å²) in [4.78, 5) is 20.4. The predicted octanol–water partition coefficient (Wildman–Crippen LogP) is 5.29. The lowest BCUT2D eigenvalue weighted by molar-refractivity contribution is 0.0958. The number of anilines is 2. The Morgan fingerprint density at radius 2 is 2.06 bits per heavy atom. The highest BCUT2D eigenvalue weighted by Gasteiger charge is 2.23. The molecule has 0 aliphatic carbocycles. The van der Waals surface area contributed by atoms with Gasteiger partial charge >= 0.3 is 0 Å². The van der Waals surface area contributed by atoms with Crippen LogP contribution in [-0.2, 0) is 0 Å². The fraction of sp³-hybridized carbons (Fsp3) is 0.269. The van der Waals surface area contributed by atoms with Crippen molar-refractivity contribution in [2.45, 2.75) is 31.9 Å². The Morgan fingerprint density at radius 3 is 2.86 bits per heavy atom. The Morgan fingerprint density at radius 1 is 1.19 bits per heavy atom. The van der Waals surface area contributed by atoms with Crippen LogP contribution in [0.1, 0.15) is 30.3 Å². The number of amides is 1. The first-order chi connectivity index (χ1) is 17.5. The van der Waals surface area contributed by atoms with Gasteiger partial charge in [-0.1, -0.05) is 11.6 Å². The van der Waals surface area contributed by atoms with Crippen LogP contribution in [0.2, 0.25) is 5.02 Å². The minimum Gasteiger partial charge on any atom is -0.487 e. The van der Waals surface area contributed by atoms with Crippen molar-refractivity contribution in [2.24, 2.45) is 0 Å². The Labute approximate surface area is 213 Å². The largest absolute Gasteiger partial charge is 0.487 e. The van der Waals surface area contributed by atoms with Crippen molar-refractivity contribution in [1.29, 1.82) is 0 Å². The summed E-state index contributed by atoms with van der Waals surface area (Å²) >= 11 is 6.38. The molecule has 0 bridgehead atoms. The first kappa shape index (κ1) is 23.9. The molecule has 0 radical (unpaired) electrons. The van der Waals surface area contributed by atoms with Gasteiger partial charge in [0.2, 0.25) is 0 Å². The molecular weight excluding hydrogens is 482 g/mol. The zero-order valence-corrected chi connectivity index (χ0v) is 20.6. The van der Waals surface area contributed by atoms with Gasteiger partial charge in [-0.25, -0.2) is 0 Å². The fourth-order valence-electron chi connectivity index (χ4n) is 4.08. The Balaban J connectivity index is 1.30. The molecule has 1 saturated heterocycles. The number of aromatic nitrogens is 2. The fourth-order valence-corrected chi connectivity index (χ4v) is 4.24. The van der Waals surface area contributed by atoms with E-state index in [4.69, 9.17) is 25.5 Å². The second-order valence-electron chi connectivity index (χ2n) is 8.50. The van der Waals surface area contributed by atoms with E-state index in [0.29, 0.717) is 45.4 Å². The van der Waals surface area contributed by atoms with Crippen LogP contribution >= 0.6 is 11.6 Å². The quantitative estimate of drug-likeness (QED) is 0.295. The van der Waals surface area contributed by atoms with Crippen molar-refractivity contribution in [3.05, 3.63) is 65.4 Å². The molecule has 0 saturated carbocycles. The first-order valence-electron chi connectivity index (χ1n) is 11.7. The molecule has 1 fully saturated rings. The highest BCUT2D eigenvalue weighted by Crippen LogP contribution is 2.32. The van der Waals surface area contributed by atoms with E-state index in [0.717, 1.165) is 25.1 Å². The normalized spacial score (nSPS) is 16.0. The van der Waals surface area contributed by atoms with Crippen LogP contribution in [0.5, 0.6) is 17.2 Å². The molecule has 2 unspecified atom stereocenters. The molecular formula is C26H26ClN5O4. The van der Waals surface area contributed by atoms with Crippen molar-refractivity contribution in [3.63, 3.8) is 0 Å². The molecule has 2 atom stereocenters. The SMILES string of the molecule is CNC(=O)c1cc(Oc2ccc3oc(Nc4ccc(Cl)c(OC(C)C5CCCN5)c4)nc3c2)ccn1. The number of rotatable bonds is 8. The lowest BCUT2D eigenvalue weighted by Gasteiger charge is -2.22. The Kier molecular flexibility index (Phi) is 6.92. The number of nitrogens with one attached hydrogen (secondary N) is 3. The molecule has 36 heavy (non-hydrogen) atoms. The molecule has 3 N–H and O–H groups in total. The maximum Gasteiger partial charge on any atom is 0.300 e. The number of pyridine rings is 1. The second-order valence-corrected chi connectivity index (χ2v) is 8.91. The third kappa shape index (κ3) is 5.37. The number of oxazole rings is 1. The van der Waals surface area contributed by atoms with Crippen LogP contribution in [0.15, 0.2) is 59.1 Å². The number of hydrogen-bond donors (Lipinski definition) is 3. The van der Waals surface area contributed by atoms with Gasteiger partial charge in [0.15, 0.2) is 5.58 Å². The summed E-state index contributed by atoms with van der Waals surface area (Å²) in [6.45, 7) is 3.06. The van der Waals surface area contributed by atoms with Gasteiger partial charge in [-0.15, -0.1) is 0 Å². The third-order valence-electron chi connectivity index (χ3n) is 5.95. The zero-order chi connectivity index (χ0) is 25.1. The summed E-state index contributed by atoms with van der Waals surface area (Å²) in [6, 6.07) is 14.6. The number of halogens is 1. The van der Waals surface area contributed by atoms with Crippen LogP contribution < -0.4 is 25.4 Å². The first-order valence-corrected chi connectivity index (χ1v) is 12.1. The Bertz CT molecular complexity index is 1390.